The van der Waals surface area contributed by atoms with Crippen LogP contribution in [-0.2, 0) is 16.1 Å². The van der Waals surface area contributed by atoms with Crippen LogP contribution >= 0.6 is 0 Å². The summed E-state index contributed by atoms with van der Waals surface area (Å²) in [6.45, 7) is 12.0. The fourth-order valence-corrected chi connectivity index (χ4v) is 3.40. The van der Waals surface area contributed by atoms with Gasteiger partial charge in [0.05, 0.1) is 6.10 Å². The Hall–Kier alpha value is -1.39. The maximum atomic E-state index is 13.1. The Kier molecular flexibility index (Phi) is 5.17. The van der Waals surface area contributed by atoms with E-state index in [9.17, 15) is 4.79 Å². The number of nitrogens with zero attached hydrogens (tertiary/aromatic N) is 1. The minimum Gasteiger partial charge on any atom is -0.378 e. The van der Waals surface area contributed by atoms with Gasteiger partial charge in [0.15, 0.2) is 0 Å². The van der Waals surface area contributed by atoms with Gasteiger partial charge >= 0.3 is 0 Å². The Morgan fingerprint density at radius 1 is 1.35 bits per heavy atom. The van der Waals surface area contributed by atoms with Crippen LogP contribution in [0.3, 0.4) is 0 Å². The van der Waals surface area contributed by atoms with Crippen LogP contribution in [0.15, 0.2) is 24.3 Å². The summed E-state index contributed by atoms with van der Waals surface area (Å²) in [5.74, 6) is 0.0317. The zero-order valence-electron chi connectivity index (χ0n) is 15.1. The van der Waals surface area contributed by atoms with Crippen LogP contribution in [0.5, 0.6) is 0 Å². The van der Waals surface area contributed by atoms with Crippen LogP contribution in [0.4, 0.5) is 0 Å². The first-order valence-electron chi connectivity index (χ1n) is 8.52. The number of ether oxygens (including phenoxy) is 1. The van der Waals surface area contributed by atoms with E-state index in [1.807, 2.05) is 44.7 Å². The van der Waals surface area contributed by atoms with Gasteiger partial charge in [-0.1, -0.05) is 38.1 Å². The molecule has 1 aliphatic carbocycles. The van der Waals surface area contributed by atoms with Gasteiger partial charge in [0, 0.05) is 31.5 Å². The summed E-state index contributed by atoms with van der Waals surface area (Å²) in [4.78, 5) is 15.0. The third-order valence-electron chi connectivity index (χ3n) is 5.50. The number of likely N-dealkylation sites (N-methyl/N-ethyl adjacent to an activating group) is 1. The molecule has 2 unspecified atom stereocenters. The van der Waals surface area contributed by atoms with E-state index in [1.165, 1.54) is 11.1 Å². The summed E-state index contributed by atoms with van der Waals surface area (Å²) in [5.41, 5.74) is 7.72. The molecule has 0 aromatic heterocycles. The molecule has 128 valence electrons. The van der Waals surface area contributed by atoms with Crippen LogP contribution in [0.25, 0.3) is 0 Å². The molecule has 1 aromatic rings. The number of carbonyl (C=O) groups excluding carboxylic acids is 1. The van der Waals surface area contributed by atoms with Crippen molar-refractivity contribution >= 4 is 5.91 Å². The molecule has 0 bridgehead atoms. The van der Waals surface area contributed by atoms with Gasteiger partial charge in [-0.2, -0.15) is 0 Å². The van der Waals surface area contributed by atoms with Crippen LogP contribution in [0.1, 0.15) is 45.2 Å². The van der Waals surface area contributed by atoms with E-state index in [1.54, 1.807) is 0 Å². The second-order valence-electron chi connectivity index (χ2n) is 7.09. The van der Waals surface area contributed by atoms with Gasteiger partial charge in [-0.25, -0.2) is 0 Å². The molecule has 0 radical (unpaired) electrons. The van der Waals surface area contributed by atoms with Crippen LogP contribution in [0, 0.1) is 12.3 Å². The highest BCUT2D eigenvalue weighted by atomic mass is 16.5. The molecule has 2 rings (SSSR count). The summed E-state index contributed by atoms with van der Waals surface area (Å²) < 4.78 is 5.74. The van der Waals surface area contributed by atoms with Gasteiger partial charge in [-0.3, -0.25) is 4.79 Å². The largest absolute Gasteiger partial charge is 0.378 e. The number of amides is 1. The Labute approximate surface area is 140 Å². The lowest BCUT2D eigenvalue weighted by molar-refractivity contribution is -0.179. The average molecular weight is 318 g/mol. The Morgan fingerprint density at radius 2 is 2.00 bits per heavy atom. The predicted octanol–water partition coefficient (Wildman–Crippen LogP) is 2.88. The van der Waals surface area contributed by atoms with Crippen molar-refractivity contribution in [2.75, 3.05) is 13.2 Å². The van der Waals surface area contributed by atoms with Gasteiger partial charge in [-0.15, -0.1) is 0 Å². The van der Waals surface area contributed by atoms with Crippen molar-refractivity contribution in [1.82, 2.24) is 4.90 Å². The van der Waals surface area contributed by atoms with Gasteiger partial charge < -0.3 is 15.4 Å². The van der Waals surface area contributed by atoms with Crippen molar-refractivity contribution in [3.05, 3.63) is 35.4 Å². The zero-order valence-corrected chi connectivity index (χ0v) is 15.1. The highest BCUT2D eigenvalue weighted by Gasteiger charge is 2.63. The molecule has 1 aromatic carbocycles. The first kappa shape index (κ1) is 18.0. The molecule has 0 saturated heterocycles. The van der Waals surface area contributed by atoms with Gasteiger partial charge in [0.2, 0.25) is 5.91 Å². The van der Waals surface area contributed by atoms with Crippen molar-refractivity contribution in [1.29, 1.82) is 0 Å². The number of rotatable bonds is 6. The minimum atomic E-state index is -0.842. The summed E-state index contributed by atoms with van der Waals surface area (Å²) in [6, 6.07) is 8.17. The number of carbonyl (C=O) groups is 1. The molecule has 0 heterocycles. The molecule has 1 fully saturated rings. The van der Waals surface area contributed by atoms with Crippen molar-refractivity contribution in [3.8, 4) is 0 Å². The normalized spacial score (nSPS) is 25.7. The SMILES string of the molecule is CCOC1CC(N)(C(=O)N(CC)Cc2ccccc2C)C1(C)C. The highest BCUT2D eigenvalue weighted by molar-refractivity contribution is 5.89. The van der Waals surface area contributed by atoms with E-state index in [4.69, 9.17) is 10.5 Å². The van der Waals surface area contributed by atoms with Crippen LogP contribution < -0.4 is 5.73 Å². The number of nitrogens with two attached hydrogens (primary N) is 1. The topological polar surface area (TPSA) is 55.6 Å². The van der Waals surface area contributed by atoms with E-state index in [-0.39, 0.29) is 17.4 Å². The molecule has 1 aliphatic rings. The molecule has 0 spiro atoms. The number of hydrogen-bond acceptors (Lipinski definition) is 3. The summed E-state index contributed by atoms with van der Waals surface area (Å²) >= 11 is 0. The fraction of sp³-hybridized carbons (Fsp3) is 0.632. The zero-order chi connectivity index (χ0) is 17.3. The van der Waals surface area contributed by atoms with Crippen molar-refractivity contribution in [3.63, 3.8) is 0 Å². The van der Waals surface area contributed by atoms with Gasteiger partial charge in [0.25, 0.3) is 0 Å². The Morgan fingerprint density at radius 3 is 2.52 bits per heavy atom. The van der Waals surface area contributed by atoms with E-state index >= 15 is 0 Å². The second-order valence-corrected chi connectivity index (χ2v) is 7.09. The smallest absolute Gasteiger partial charge is 0.243 e. The van der Waals surface area contributed by atoms with E-state index in [0.717, 1.165) is 0 Å². The molecule has 1 amide bonds. The van der Waals surface area contributed by atoms with E-state index < -0.39 is 5.54 Å². The first-order valence-corrected chi connectivity index (χ1v) is 8.52. The lowest BCUT2D eigenvalue weighted by Gasteiger charge is -2.58. The third kappa shape index (κ3) is 3.02. The third-order valence-corrected chi connectivity index (χ3v) is 5.50. The summed E-state index contributed by atoms with van der Waals surface area (Å²) in [7, 11) is 0. The Balaban J connectivity index is 2.16. The fourth-order valence-electron chi connectivity index (χ4n) is 3.40. The molecular formula is C19H30N2O2. The summed E-state index contributed by atoms with van der Waals surface area (Å²) in [6.07, 6.45) is 0.648. The van der Waals surface area contributed by atoms with Crippen LogP contribution in [-0.4, -0.2) is 35.6 Å². The molecule has 23 heavy (non-hydrogen) atoms. The first-order chi connectivity index (χ1) is 10.8. The van der Waals surface area contributed by atoms with Crippen LogP contribution in [0.2, 0.25) is 0 Å². The summed E-state index contributed by atoms with van der Waals surface area (Å²) in [5, 5.41) is 0. The molecule has 4 heteroatoms. The molecule has 2 N–H and O–H groups in total. The van der Waals surface area contributed by atoms with Crippen molar-refractivity contribution < 1.29 is 9.53 Å². The van der Waals surface area contributed by atoms with Crippen molar-refractivity contribution in [2.24, 2.45) is 11.1 Å². The van der Waals surface area contributed by atoms with Crippen molar-refractivity contribution in [2.45, 2.75) is 59.2 Å². The quantitative estimate of drug-likeness (QED) is 0.877. The molecule has 1 saturated carbocycles. The molecule has 0 aliphatic heterocycles. The minimum absolute atomic E-state index is 0.0317. The number of hydrogen-bond donors (Lipinski definition) is 1. The average Bonchev–Trinajstić information content (AvgIpc) is 2.53. The molecule has 4 nitrogen and oxygen atoms in total. The molecule has 2 atom stereocenters. The highest BCUT2D eigenvalue weighted by Crippen LogP contribution is 2.50. The number of benzene rings is 1. The van der Waals surface area contributed by atoms with Gasteiger partial charge in [-0.05, 0) is 31.9 Å². The predicted molar refractivity (Wildman–Crippen MR) is 93.0 cm³/mol. The lowest BCUT2D eigenvalue weighted by Crippen LogP contribution is -2.76. The maximum absolute atomic E-state index is 13.1. The number of aryl methyl sites for hydroxylation is 1. The maximum Gasteiger partial charge on any atom is 0.243 e. The van der Waals surface area contributed by atoms with Gasteiger partial charge in [0.1, 0.15) is 5.54 Å². The van der Waals surface area contributed by atoms with E-state index in [2.05, 4.69) is 19.1 Å². The monoisotopic (exact) mass is 318 g/mol. The second kappa shape index (κ2) is 6.62. The standard InChI is InChI=1S/C19H30N2O2/c1-6-21(13-15-11-9-8-10-14(15)3)17(22)19(20)12-16(23-7-2)18(19,4)5/h8-11,16H,6-7,12-13,20H2,1-5H3. The van der Waals surface area contributed by atoms with E-state index in [0.29, 0.717) is 26.1 Å². The lowest BCUT2D eigenvalue weighted by atomic mass is 9.54. The molecular weight excluding hydrogens is 288 g/mol. The Bertz CT molecular complexity index is 570.